The minimum absolute atomic E-state index is 1.33. The van der Waals surface area contributed by atoms with Crippen molar-refractivity contribution in [1.29, 1.82) is 0 Å². The van der Waals surface area contributed by atoms with E-state index in [4.69, 9.17) is 0 Å². The molecule has 0 atom stereocenters. The molecule has 0 radical (unpaired) electrons. The summed E-state index contributed by atoms with van der Waals surface area (Å²) in [5.74, 6) is 0. The fourth-order valence-corrected chi connectivity index (χ4v) is 5.56. The van der Waals surface area contributed by atoms with Crippen molar-refractivity contribution in [3.8, 4) is 0 Å². The second-order valence-electron chi connectivity index (χ2n) is 4.65. The topological polar surface area (TPSA) is 0 Å². The third-order valence-electron chi connectivity index (χ3n) is 3.21. The average molecular weight is 324 g/mol. The molecule has 0 nitrogen and oxygen atoms in total. The van der Waals surface area contributed by atoms with Crippen LogP contribution >= 0.6 is 35.3 Å². The first kappa shape index (κ1) is 13.4. The molecular weight excluding hydrogens is 312 g/mol. The highest BCUT2D eigenvalue weighted by Gasteiger charge is 2.15. The summed E-state index contributed by atoms with van der Waals surface area (Å²) in [7, 11) is 0. The van der Waals surface area contributed by atoms with Gasteiger partial charge in [0.1, 0.15) is 0 Å². The van der Waals surface area contributed by atoms with Crippen molar-refractivity contribution in [2.45, 2.75) is 29.4 Å². The third-order valence-corrected chi connectivity index (χ3v) is 7.05. The van der Waals surface area contributed by atoms with Crippen LogP contribution in [0, 0.1) is 0 Å². The Labute approximate surface area is 137 Å². The molecule has 0 aromatic heterocycles. The van der Waals surface area contributed by atoms with Crippen LogP contribution in [0.25, 0.3) is 0 Å². The molecule has 0 fully saturated rings. The van der Waals surface area contributed by atoms with Gasteiger partial charge in [-0.15, -0.1) is 0 Å². The molecule has 0 saturated heterocycles. The van der Waals surface area contributed by atoms with Gasteiger partial charge in [0.25, 0.3) is 0 Å². The lowest BCUT2D eigenvalue weighted by Crippen LogP contribution is -1.79. The lowest BCUT2D eigenvalue weighted by molar-refractivity contribution is 1.21. The van der Waals surface area contributed by atoms with Crippen molar-refractivity contribution in [2.24, 2.45) is 0 Å². The molecule has 21 heavy (non-hydrogen) atoms. The Morgan fingerprint density at radius 2 is 0.524 bits per heavy atom. The van der Waals surface area contributed by atoms with Crippen LogP contribution in [0.15, 0.2) is 102 Å². The van der Waals surface area contributed by atoms with Crippen molar-refractivity contribution in [2.75, 3.05) is 0 Å². The van der Waals surface area contributed by atoms with Gasteiger partial charge >= 0.3 is 0 Å². The van der Waals surface area contributed by atoms with Gasteiger partial charge in [-0.2, -0.15) is 0 Å². The monoisotopic (exact) mass is 324 g/mol. The van der Waals surface area contributed by atoms with Crippen molar-refractivity contribution in [1.82, 2.24) is 0 Å². The highest BCUT2D eigenvalue weighted by Crippen LogP contribution is 2.48. The molecule has 1 heterocycles. The summed E-state index contributed by atoms with van der Waals surface area (Å²) >= 11 is 5.58. The number of benzene rings is 3. The first-order valence-electron chi connectivity index (χ1n) is 6.71. The zero-order valence-electron chi connectivity index (χ0n) is 11.2. The highest BCUT2D eigenvalue weighted by atomic mass is 32.2. The molecule has 0 unspecified atom stereocenters. The predicted molar refractivity (Wildman–Crippen MR) is 91.7 cm³/mol. The molecule has 0 bridgehead atoms. The van der Waals surface area contributed by atoms with E-state index in [-0.39, 0.29) is 0 Å². The van der Waals surface area contributed by atoms with E-state index in [1.165, 1.54) is 29.4 Å². The average Bonchev–Trinajstić information content (AvgIpc) is 2.59. The molecule has 3 aromatic rings. The summed E-state index contributed by atoms with van der Waals surface area (Å²) in [5.41, 5.74) is 0. The van der Waals surface area contributed by atoms with Gasteiger partial charge in [-0.05, 0) is 36.4 Å². The predicted octanol–water partition coefficient (Wildman–Crippen LogP) is 6.45. The van der Waals surface area contributed by atoms with Gasteiger partial charge in [0, 0.05) is 29.4 Å². The molecular formula is C18H12S3. The van der Waals surface area contributed by atoms with Gasteiger partial charge in [-0.1, -0.05) is 71.7 Å². The molecule has 3 aromatic carbocycles. The summed E-state index contributed by atoms with van der Waals surface area (Å²) in [6.07, 6.45) is 0. The van der Waals surface area contributed by atoms with Crippen LogP contribution in [0.2, 0.25) is 0 Å². The van der Waals surface area contributed by atoms with Crippen LogP contribution < -0.4 is 0 Å². The zero-order chi connectivity index (χ0) is 14.1. The normalized spacial score (nSPS) is 13.1. The van der Waals surface area contributed by atoms with Crippen molar-refractivity contribution in [3.63, 3.8) is 0 Å². The zero-order valence-corrected chi connectivity index (χ0v) is 13.6. The van der Waals surface area contributed by atoms with E-state index in [9.17, 15) is 0 Å². The van der Waals surface area contributed by atoms with E-state index in [0.717, 1.165) is 0 Å². The van der Waals surface area contributed by atoms with E-state index in [0.29, 0.717) is 0 Å². The smallest absolute Gasteiger partial charge is 0.0262 e. The maximum Gasteiger partial charge on any atom is 0.0262 e. The maximum atomic E-state index is 2.21. The molecule has 0 aliphatic carbocycles. The van der Waals surface area contributed by atoms with Crippen molar-refractivity contribution < 1.29 is 0 Å². The van der Waals surface area contributed by atoms with E-state index in [1.54, 1.807) is 0 Å². The van der Waals surface area contributed by atoms with Crippen LogP contribution in [0.4, 0.5) is 0 Å². The van der Waals surface area contributed by atoms with E-state index < -0.39 is 0 Å². The van der Waals surface area contributed by atoms with Gasteiger partial charge in [-0.3, -0.25) is 0 Å². The Kier molecular flexibility index (Phi) is 3.72. The number of rotatable bonds is 0. The molecule has 0 spiro atoms. The fourth-order valence-electron chi connectivity index (χ4n) is 2.21. The third kappa shape index (κ3) is 2.73. The quantitative estimate of drug-likeness (QED) is 0.364. The standard InChI is InChI=1S/C18H12S3/c1-2-8-14-13(7-1)19-15-9-3-4-10-16(15)21-18-12-6-5-11-17(18)20-14/h1-12H. The van der Waals surface area contributed by atoms with Crippen LogP contribution in [-0.2, 0) is 0 Å². The highest BCUT2D eigenvalue weighted by molar-refractivity contribution is 8.05. The molecule has 1 aliphatic rings. The van der Waals surface area contributed by atoms with Crippen LogP contribution in [0.1, 0.15) is 0 Å². The van der Waals surface area contributed by atoms with Gasteiger partial charge in [0.15, 0.2) is 0 Å². The molecule has 102 valence electrons. The molecule has 0 saturated carbocycles. The van der Waals surface area contributed by atoms with Crippen molar-refractivity contribution >= 4 is 35.3 Å². The summed E-state index contributed by atoms with van der Waals surface area (Å²) in [4.78, 5) is 7.96. The Balaban J connectivity index is 1.94. The largest absolute Gasteiger partial charge is 0.0877 e. The number of hydrogen-bond donors (Lipinski definition) is 0. The van der Waals surface area contributed by atoms with Crippen LogP contribution in [0.3, 0.4) is 0 Å². The van der Waals surface area contributed by atoms with Crippen molar-refractivity contribution in [3.05, 3.63) is 72.8 Å². The summed E-state index contributed by atoms with van der Waals surface area (Å²) in [6.45, 7) is 0. The number of hydrogen-bond acceptors (Lipinski definition) is 3. The first-order chi connectivity index (χ1) is 10.4. The Morgan fingerprint density at radius 3 is 0.714 bits per heavy atom. The Bertz CT molecular complexity index is 625. The molecule has 3 heteroatoms. The van der Waals surface area contributed by atoms with Gasteiger partial charge < -0.3 is 0 Å². The lowest BCUT2D eigenvalue weighted by atomic mass is 10.4. The summed E-state index contributed by atoms with van der Waals surface area (Å²) in [6, 6.07) is 26.0. The van der Waals surface area contributed by atoms with E-state index in [2.05, 4.69) is 72.8 Å². The minimum Gasteiger partial charge on any atom is -0.0877 e. The SMILES string of the molecule is c1ccc2c(c1)Sc1ccccc1Sc1ccccc1S2. The molecule has 4 rings (SSSR count). The van der Waals surface area contributed by atoms with Crippen LogP contribution in [0.5, 0.6) is 0 Å². The first-order valence-corrected chi connectivity index (χ1v) is 9.16. The van der Waals surface area contributed by atoms with Crippen LogP contribution in [-0.4, -0.2) is 0 Å². The number of fused-ring (bicyclic) bond motifs is 3. The second-order valence-corrected chi connectivity index (χ2v) is 7.90. The van der Waals surface area contributed by atoms with Gasteiger partial charge in [0.05, 0.1) is 0 Å². The summed E-state index contributed by atoms with van der Waals surface area (Å²) in [5, 5.41) is 0. The van der Waals surface area contributed by atoms with E-state index in [1.807, 2.05) is 35.3 Å². The van der Waals surface area contributed by atoms with E-state index >= 15 is 0 Å². The Hall–Kier alpha value is -1.29. The lowest BCUT2D eigenvalue weighted by Gasteiger charge is -2.08. The molecule has 0 N–H and O–H groups in total. The molecule has 0 amide bonds. The maximum absolute atomic E-state index is 2.21. The molecule has 1 aliphatic heterocycles. The van der Waals surface area contributed by atoms with Gasteiger partial charge in [0.2, 0.25) is 0 Å². The Morgan fingerprint density at radius 1 is 0.333 bits per heavy atom. The van der Waals surface area contributed by atoms with Gasteiger partial charge in [-0.25, -0.2) is 0 Å². The fraction of sp³-hybridized carbons (Fsp3) is 0. The summed E-state index contributed by atoms with van der Waals surface area (Å²) < 4.78 is 0. The minimum atomic E-state index is 1.33. The second kappa shape index (κ2) is 5.84.